The van der Waals surface area contributed by atoms with Crippen LogP contribution in [0.2, 0.25) is 5.02 Å². The van der Waals surface area contributed by atoms with Gasteiger partial charge in [-0.25, -0.2) is 8.42 Å². The van der Waals surface area contributed by atoms with Crippen LogP contribution in [0.25, 0.3) is 0 Å². The van der Waals surface area contributed by atoms with Crippen LogP contribution in [0.15, 0.2) is 114 Å². The lowest BCUT2D eigenvalue weighted by atomic mass is 10.0. The summed E-state index contributed by atoms with van der Waals surface area (Å²) in [6.45, 7) is 3.86. The van der Waals surface area contributed by atoms with Gasteiger partial charge in [0.15, 0.2) is 0 Å². The third-order valence-electron chi connectivity index (χ3n) is 7.15. The van der Waals surface area contributed by atoms with E-state index in [-0.39, 0.29) is 35.4 Å². The largest absolute Gasteiger partial charge is 0.497 e. The average Bonchev–Trinajstić information content (AvgIpc) is 3.04. The van der Waals surface area contributed by atoms with E-state index >= 15 is 0 Å². The Labute approximate surface area is 270 Å². The Bertz CT molecular complexity index is 1680. The second-order valence-corrected chi connectivity index (χ2v) is 13.3. The van der Waals surface area contributed by atoms with Crippen molar-refractivity contribution in [3.05, 3.63) is 125 Å². The summed E-state index contributed by atoms with van der Waals surface area (Å²) in [5.74, 6) is -0.276. The zero-order chi connectivity index (χ0) is 32.4. The number of nitrogens with one attached hydrogen (secondary N) is 1. The maximum atomic E-state index is 14.5. The molecule has 4 rings (SSSR count). The molecule has 4 aromatic rings. The van der Waals surface area contributed by atoms with Crippen LogP contribution in [0, 0.1) is 5.92 Å². The van der Waals surface area contributed by atoms with Crippen molar-refractivity contribution in [2.75, 3.05) is 24.5 Å². The second-order valence-electron chi connectivity index (χ2n) is 11.0. The molecule has 0 heterocycles. The molecule has 0 fully saturated rings. The maximum absolute atomic E-state index is 14.5. The number of nitrogens with zero attached hydrogens (tertiary/aromatic N) is 2. The van der Waals surface area contributed by atoms with Gasteiger partial charge in [0.2, 0.25) is 11.8 Å². The third-order valence-corrected chi connectivity index (χ3v) is 9.17. The minimum atomic E-state index is -4.20. The number of carbonyl (C=O) groups is 2. The van der Waals surface area contributed by atoms with Crippen LogP contribution in [0.4, 0.5) is 5.69 Å². The van der Waals surface area contributed by atoms with Gasteiger partial charge < -0.3 is 15.0 Å². The zero-order valence-electron chi connectivity index (χ0n) is 25.6. The summed E-state index contributed by atoms with van der Waals surface area (Å²) in [7, 11) is -2.72. The summed E-state index contributed by atoms with van der Waals surface area (Å²) in [6, 6.07) is 30.0. The smallest absolute Gasteiger partial charge is 0.264 e. The standard InChI is InChI=1S/C35H38ClN3O5S/c1-26(2)23-37-35(41)33(21-27-12-6-4-7-13-27)38(24-28-14-10-15-29(36)20-28)34(40)25-39(30-16-11-17-31(22-30)44-3)45(42,43)32-18-8-5-9-19-32/h4-20,22,26,33H,21,23-25H2,1-3H3,(H,37,41). The highest BCUT2D eigenvalue weighted by atomic mass is 35.5. The Hall–Kier alpha value is -4.34. The van der Waals surface area contributed by atoms with Gasteiger partial charge in [0.25, 0.3) is 10.0 Å². The molecule has 0 saturated heterocycles. The minimum absolute atomic E-state index is 0.0255. The highest BCUT2D eigenvalue weighted by Gasteiger charge is 2.34. The molecule has 1 N–H and O–H groups in total. The van der Waals surface area contributed by atoms with Crippen LogP contribution in [0.5, 0.6) is 5.75 Å². The van der Waals surface area contributed by atoms with Gasteiger partial charge in [-0.2, -0.15) is 0 Å². The number of amides is 2. The Balaban J connectivity index is 1.80. The maximum Gasteiger partial charge on any atom is 0.264 e. The van der Waals surface area contributed by atoms with Crippen molar-refractivity contribution in [1.29, 1.82) is 0 Å². The fourth-order valence-electron chi connectivity index (χ4n) is 4.82. The number of ether oxygens (including phenoxy) is 1. The van der Waals surface area contributed by atoms with E-state index in [4.69, 9.17) is 16.3 Å². The molecule has 236 valence electrons. The van der Waals surface area contributed by atoms with Crippen LogP contribution in [-0.4, -0.2) is 51.4 Å². The van der Waals surface area contributed by atoms with Crippen LogP contribution in [-0.2, 0) is 32.6 Å². The molecule has 2 amide bonds. The van der Waals surface area contributed by atoms with Crippen molar-refractivity contribution in [2.24, 2.45) is 5.92 Å². The van der Waals surface area contributed by atoms with E-state index in [9.17, 15) is 18.0 Å². The number of hydrogen-bond acceptors (Lipinski definition) is 5. The summed E-state index contributed by atoms with van der Waals surface area (Å²) in [5, 5.41) is 3.46. The van der Waals surface area contributed by atoms with E-state index in [1.807, 2.05) is 50.2 Å². The predicted molar refractivity (Wildman–Crippen MR) is 178 cm³/mol. The van der Waals surface area contributed by atoms with E-state index in [1.165, 1.54) is 24.1 Å². The molecule has 8 nitrogen and oxygen atoms in total. The van der Waals surface area contributed by atoms with E-state index in [1.54, 1.807) is 60.7 Å². The van der Waals surface area contributed by atoms with Crippen LogP contribution in [0.3, 0.4) is 0 Å². The number of sulfonamides is 1. The van der Waals surface area contributed by atoms with Gasteiger partial charge in [-0.3, -0.25) is 13.9 Å². The number of hydrogen-bond donors (Lipinski definition) is 1. The highest BCUT2D eigenvalue weighted by Crippen LogP contribution is 2.28. The summed E-state index contributed by atoms with van der Waals surface area (Å²) in [4.78, 5) is 29.8. The van der Waals surface area contributed by atoms with Gasteiger partial charge in [-0.05, 0) is 53.4 Å². The van der Waals surface area contributed by atoms with Crippen LogP contribution in [0.1, 0.15) is 25.0 Å². The van der Waals surface area contributed by atoms with E-state index in [0.717, 1.165) is 9.87 Å². The molecule has 0 radical (unpaired) electrons. The summed E-state index contributed by atoms with van der Waals surface area (Å²) in [5.41, 5.74) is 1.80. The lowest BCUT2D eigenvalue weighted by Gasteiger charge is -2.34. The monoisotopic (exact) mass is 647 g/mol. The molecule has 0 spiro atoms. The quantitative estimate of drug-likeness (QED) is 0.182. The van der Waals surface area contributed by atoms with Gasteiger partial charge >= 0.3 is 0 Å². The SMILES string of the molecule is COc1cccc(N(CC(=O)N(Cc2cccc(Cl)c2)C(Cc2ccccc2)C(=O)NCC(C)C)S(=O)(=O)c2ccccc2)c1. The predicted octanol–water partition coefficient (Wildman–Crippen LogP) is 5.96. The molecule has 0 aliphatic carbocycles. The molecule has 1 atom stereocenters. The molecule has 0 aliphatic heterocycles. The first-order valence-electron chi connectivity index (χ1n) is 14.7. The van der Waals surface area contributed by atoms with Crippen LogP contribution < -0.4 is 14.4 Å². The average molecular weight is 648 g/mol. The topological polar surface area (TPSA) is 96.0 Å². The van der Waals surface area contributed by atoms with Gasteiger partial charge in [0.05, 0.1) is 17.7 Å². The molecule has 45 heavy (non-hydrogen) atoms. The van der Waals surface area contributed by atoms with Gasteiger partial charge in [-0.1, -0.05) is 92.2 Å². The normalized spacial score (nSPS) is 11.9. The summed E-state index contributed by atoms with van der Waals surface area (Å²) in [6.07, 6.45) is 0.224. The number of halogens is 1. The molecule has 0 saturated carbocycles. The number of methoxy groups -OCH3 is 1. The van der Waals surface area contributed by atoms with E-state index in [2.05, 4.69) is 5.32 Å². The molecule has 4 aromatic carbocycles. The van der Waals surface area contributed by atoms with Crippen molar-refractivity contribution in [3.8, 4) is 5.75 Å². The molecule has 10 heteroatoms. The van der Waals surface area contributed by atoms with Gasteiger partial charge in [0, 0.05) is 30.6 Å². The molecular weight excluding hydrogens is 610 g/mol. The molecular formula is C35H38ClN3O5S. The molecule has 1 unspecified atom stereocenters. The fraction of sp³-hybridized carbons (Fsp3) is 0.257. The first-order chi connectivity index (χ1) is 21.6. The van der Waals surface area contributed by atoms with Gasteiger partial charge in [-0.15, -0.1) is 0 Å². The Kier molecular flexibility index (Phi) is 11.6. The number of carbonyl (C=O) groups excluding carboxylic acids is 2. The molecule has 0 bridgehead atoms. The van der Waals surface area contributed by atoms with E-state index in [0.29, 0.717) is 22.9 Å². The lowest BCUT2D eigenvalue weighted by Crippen LogP contribution is -2.53. The molecule has 0 aromatic heterocycles. The highest BCUT2D eigenvalue weighted by molar-refractivity contribution is 7.92. The van der Waals surface area contributed by atoms with Crippen molar-refractivity contribution >= 4 is 39.1 Å². The zero-order valence-corrected chi connectivity index (χ0v) is 27.2. The van der Waals surface area contributed by atoms with E-state index < -0.39 is 28.5 Å². The number of rotatable bonds is 14. The van der Waals surface area contributed by atoms with Crippen LogP contribution >= 0.6 is 11.6 Å². The fourth-order valence-corrected chi connectivity index (χ4v) is 6.46. The Morgan fingerprint density at radius 2 is 1.49 bits per heavy atom. The Morgan fingerprint density at radius 1 is 0.844 bits per heavy atom. The second kappa shape index (κ2) is 15.6. The summed E-state index contributed by atoms with van der Waals surface area (Å²) >= 11 is 6.30. The van der Waals surface area contributed by atoms with Crippen molar-refractivity contribution < 1.29 is 22.7 Å². The summed E-state index contributed by atoms with van der Waals surface area (Å²) < 4.78 is 34.6. The number of anilines is 1. The minimum Gasteiger partial charge on any atom is -0.497 e. The Morgan fingerprint density at radius 3 is 2.13 bits per heavy atom. The third kappa shape index (κ3) is 9.09. The first-order valence-corrected chi connectivity index (χ1v) is 16.5. The van der Waals surface area contributed by atoms with Crippen molar-refractivity contribution in [3.63, 3.8) is 0 Å². The van der Waals surface area contributed by atoms with Gasteiger partial charge in [0.1, 0.15) is 18.3 Å². The molecule has 0 aliphatic rings. The van der Waals surface area contributed by atoms with Crippen molar-refractivity contribution in [2.45, 2.75) is 37.8 Å². The number of benzene rings is 4. The lowest BCUT2D eigenvalue weighted by molar-refractivity contribution is -0.140. The van der Waals surface area contributed by atoms with Crippen molar-refractivity contribution in [1.82, 2.24) is 10.2 Å². The first kappa shape index (κ1) is 33.6.